The van der Waals surface area contributed by atoms with Crippen molar-refractivity contribution in [2.45, 2.75) is 38.7 Å². The third-order valence-electron chi connectivity index (χ3n) is 5.92. The second-order valence-corrected chi connectivity index (χ2v) is 7.73. The van der Waals surface area contributed by atoms with Gasteiger partial charge < -0.3 is 15.0 Å². The summed E-state index contributed by atoms with van der Waals surface area (Å²) in [5.41, 5.74) is 3.45. The van der Waals surface area contributed by atoms with E-state index in [2.05, 4.69) is 22.4 Å². The topological polar surface area (TPSA) is 54.5 Å². The number of benzene rings is 1. The molecule has 5 heteroatoms. The smallest absolute Gasteiger partial charge is 0.272 e. The van der Waals surface area contributed by atoms with E-state index in [1.54, 1.807) is 4.90 Å². The van der Waals surface area contributed by atoms with E-state index in [1.807, 2.05) is 50.4 Å². The van der Waals surface area contributed by atoms with Gasteiger partial charge in [-0.1, -0.05) is 24.3 Å². The quantitative estimate of drug-likeness (QED) is 0.848. The Morgan fingerprint density at radius 2 is 2.00 bits per heavy atom. The van der Waals surface area contributed by atoms with Crippen LogP contribution in [0.5, 0.6) is 5.75 Å². The van der Waals surface area contributed by atoms with Gasteiger partial charge in [0.05, 0.1) is 0 Å². The minimum atomic E-state index is -0.289. The van der Waals surface area contributed by atoms with Crippen LogP contribution < -0.4 is 10.1 Å². The monoisotopic (exact) mass is 393 g/mol. The minimum absolute atomic E-state index is 0. The predicted octanol–water partition coefficient (Wildman–Crippen LogP) is 4.15. The van der Waals surface area contributed by atoms with Gasteiger partial charge in [0, 0.05) is 38.3 Å². The third kappa shape index (κ3) is 3.92. The lowest BCUT2D eigenvalue weighted by Gasteiger charge is -2.36. The Hall–Kier alpha value is -2.66. The molecule has 5 nitrogen and oxygen atoms in total. The van der Waals surface area contributed by atoms with Crippen molar-refractivity contribution in [2.24, 2.45) is 0 Å². The molecule has 1 spiro atoms. The highest BCUT2D eigenvalue weighted by atomic mass is 16.5. The average Bonchev–Trinajstić information content (AvgIpc) is 2.99. The fourth-order valence-electron chi connectivity index (χ4n) is 4.27. The van der Waals surface area contributed by atoms with Gasteiger partial charge in [0.15, 0.2) is 0 Å². The summed E-state index contributed by atoms with van der Waals surface area (Å²) in [6.07, 6.45) is 7.13. The van der Waals surface area contributed by atoms with E-state index < -0.39 is 0 Å². The maximum Gasteiger partial charge on any atom is 0.272 e. The fourth-order valence-corrected chi connectivity index (χ4v) is 4.27. The zero-order valence-corrected chi connectivity index (χ0v) is 17.3. The van der Waals surface area contributed by atoms with Gasteiger partial charge in [0.25, 0.3) is 5.91 Å². The number of amides is 1. The van der Waals surface area contributed by atoms with Crippen molar-refractivity contribution in [1.82, 2.24) is 15.2 Å². The molecule has 4 rings (SSSR count). The van der Waals surface area contributed by atoms with Crippen molar-refractivity contribution in [1.29, 1.82) is 0 Å². The van der Waals surface area contributed by atoms with Gasteiger partial charge in [-0.2, -0.15) is 0 Å². The zero-order valence-electron chi connectivity index (χ0n) is 17.3. The lowest BCUT2D eigenvalue weighted by atomic mass is 9.85. The van der Waals surface area contributed by atoms with Crippen LogP contribution >= 0.6 is 0 Å². The largest absolute Gasteiger partial charge is 0.482 e. The molecular weight excluding hydrogens is 362 g/mol. The van der Waals surface area contributed by atoms with E-state index in [4.69, 9.17) is 4.74 Å². The van der Waals surface area contributed by atoms with Gasteiger partial charge in [-0.25, -0.2) is 0 Å². The number of carbonyl (C=O) groups excluding carboxylic acids is 1. The predicted molar refractivity (Wildman–Crippen MR) is 117 cm³/mol. The highest BCUT2D eigenvalue weighted by molar-refractivity contribution is 5.93. The van der Waals surface area contributed by atoms with Crippen LogP contribution in [0, 0.1) is 0 Å². The summed E-state index contributed by atoms with van der Waals surface area (Å²) in [4.78, 5) is 18.9. The van der Waals surface area contributed by atoms with Crippen LogP contribution in [0.1, 0.15) is 56.2 Å². The first-order valence-corrected chi connectivity index (χ1v) is 10.6. The van der Waals surface area contributed by atoms with Gasteiger partial charge >= 0.3 is 0 Å². The zero-order chi connectivity index (χ0) is 20.3. The molecule has 2 aromatic rings. The second-order valence-electron chi connectivity index (χ2n) is 7.73. The van der Waals surface area contributed by atoms with E-state index >= 15 is 0 Å². The van der Waals surface area contributed by atoms with Gasteiger partial charge in [-0.3, -0.25) is 9.78 Å². The number of aromatic nitrogens is 1. The summed E-state index contributed by atoms with van der Waals surface area (Å²) in [5, 5.41) is 3.48. The van der Waals surface area contributed by atoms with E-state index in [1.165, 1.54) is 0 Å². The van der Waals surface area contributed by atoms with Crippen molar-refractivity contribution in [3.8, 4) is 5.75 Å². The summed E-state index contributed by atoms with van der Waals surface area (Å²) < 4.78 is 6.52. The fraction of sp³-hybridized carbons (Fsp3) is 0.417. The molecule has 1 aromatic carbocycles. The summed E-state index contributed by atoms with van der Waals surface area (Å²) in [7, 11) is 0. The molecule has 1 unspecified atom stereocenters. The molecule has 3 heterocycles. The molecule has 2 aliphatic heterocycles. The molecule has 1 fully saturated rings. The lowest BCUT2D eigenvalue weighted by molar-refractivity contribution is 0.0767. The number of ether oxygens (including phenoxy) is 1. The first-order chi connectivity index (χ1) is 14.2. The molecule has 1 atom stereocenters. The van der Waals surface area contributed by atoms with Crippen LogP contribution in [0.25, 0.3) is 5.57 Å². The highest BCUT2D eigenvalue weighted by Crippen LogP contribution is 2.42. The molecule has 0 saturated carbocycles. The Morgan fingerprint density at radius 3 is 2.76 bits per heavy atom. The molecule has 0 aliphatic carbocycles. The Labute approximate surface area is 174 Å². The molecule has 1 saturated heterocycles. The standard InChI is InChI=1S/C24H29N3O2.H2/c1-3-27(4-2)23(28)21-11-10-18(17-26-21)20-16-24(12-7-14-25-15-13-24)29-22-9-6-5-8-19(20)22;/h5-6,8-11,16-17,25H,3-4,7,12-15H2,1-2H3;1H. The van der Waals surface area contributed by atoms with Crippen molar-refractivity contribution in [2.75, 3.05) is 26.2 Å². The molecule has 1 N–H and O–H groups in total. The van der Waals surface area contributed by atoms with E-state index in [0.717, 1.165) is 54.8 Å². The first-order valence-electron chi connectivity index (χ1n) is 10.6. The molecular formula is C24H31N3O2. The second kappa shape index (κ2) is 8.37. The van der Waals surface area contributed by atoms with Crippen LogP contribution in [0.4, 0.5) is 0 Å². The lowest BCUT2D eigenvalue weighted by Crippen LogP contribution is -2.37. The number of para-hydroxylation sites is 1. The Balaban J connectivity index is 0.00000256. The Morgan fingerprint density at radius 1 is 1.17 bits per heavy atom. The molecule has 0 radical (unpaired) electrons. The van der Waals surface area contributed by atoms with Gasteiger partial charge in [0.2, 0.25) is 0 Å². The number of hydrogen-bond donors (Lipinski definition) is 1. The number of nitrogens with one attached hydrogen (secondary N) is 1. The van der Waals surface area contributed by atoms with Crippen molar-refractivity contribution >= 4 is 11.5 Å². The van der Waals surface area contributed by atoms with Crippen LogP contribution in [-0.4, -0.2) is 47.6 Å². The van der Waals surface area contributed by atoms with Crippen molar-refractivity contribution in [3.05, 3.63) is 65.5 Å². The SMILES string of the molecule is CCN(CC)C(=O)c1ccc(C2=CC3(CCCNCC3)Oc3ccccc32)cn1.[HH]. The molecule has 2 aliphatic rings. The normalized spacial score (nSPS) is 21.0. The molecule has 29 heavy (non-hydrogen) atoms. The molecule has 154 valence electrons. The third-order valence-corrected chi connectivity index (χ3v) is 5.92. The summed E-state index contributed by atoms with van der Waals surface area (Å²) in [5.74, 6) is 0.907. The minimum Gasteiger partial charge on any atom is -0.482 e. The van der Waals surface area contributed by atoms with E-state index in [-0.39, 0.29) is 12.9 Å². The number of rotatable bonds is 4. The van der Waals surface area contributed by atoms with Gasteiger partial charge in [0.1, 0.15) is 17.0 Å². The van der Waals surface area contributed by atoms with Crippen LogP contribution in [0.2, 0.25) is 0 Å². The Kier molecular flexibility index (Phi) is 5.67. The van der Waals surface area contributed by atoms with Crippen molar-refractivity contribution < 1.29 is 11.0 Å². The maximum absolute atomic E-state index is 12.6. The van der Waals surface area contributed by atoms with Crippen LogP contribution in [0.15, 0.2) is 48.7 Å². The van der Waals surface area contributed by atoms with E-state index in [0.29, 0.717) is 18.8 Å². The highest BCUT2D eigenvalue weighted by Gasteiger charge is 2.36. The van der Waals surface area contributed by atoms with Crippen LogP contribution in [0.3, 0.4) is 0 Å². The number of hydrogen-bond acceptors (Lipinski definition) is 4. The molecule has 1 aromatic heterocycles. The van der Waals surface area contributed by atoms with Crippen LogP contribution in [-0.2, 0) is 0 Å². The number of nitrogens with zero attached hydrogens (tertiary/aromatic N) is 2. The van der Waals surface area contributed by atoms with Crippen molar-refractivity contribution in [3.63, 3.8) is 0 Å². The van der Waals surface area contributed by atoms with E-state index in [9.17, 15) is 4.79 Å². The molecule has 0 bridgehead atoms. The van der Waals surface area contributed by atoms with Gasteiger partial charge in [-0.15, -0.1) is 0 Å². The first kappa shape index (κ1) is 19.6. The van der Waals surface area contributed by atoms with Gasteiger partial charge in [-0.05, 0) is 63.6 Å². The Bertz CT molecular complexity index is 899. The summed E-state index contributed by atoms with van der Waals surface area (Å²) in [6.45, 7) is 7.32. The summed E-state index contributed by atoms with van der Waals surface area (Å²) in [6, 6.07) is 12.1. The number of fused-ring (bicyclic) bond motifs is 1. The summed E-state index contributed by atoms with van der Waals surface area (Å²) >= 11 is 0. The number of carbonyl (C=O) groups is 1. The average molecular weight is 394 g/mol. The molecule has 1 amide bonds. The maximum atomic E-state index is 12.6. The number of pyridine rings is 1.